The molecule has 0 unspecified atom stereocenters. The first-order chi connectivity index (χ1) is 9.67. The standard InChI is InChI=1S/C14H15ClN2O2S/c1-2-17(8-10-5-6-13(15)20-10)14(18)11-7-12(19-16-11)9-3-4-9/h5-7,9H,2-4,8H2,1H3. The molecule has 1 aliphatic carbocycles. The highest BCUT2D eigenvalue weighted by Crippen LogP contribution is 2.40. The van der Waals surface area contributed by atoms with Gasteiger partial charge < -0.3 is 9.42 Å². The first kappa shape index (κ1) is 13.6. The molecule has 2 aromatic heterocycles. The number of hydrogen-bond acceptors (Lipinski definition) is 4. The third kappa shape index (κ3) is 2.88. The minimum absolute atomic E-state index is 0.0901. The van der Waals surface area contributed by atoms with Crippen LogP contribution in [0.4, 0.5) is 0 Å². The summed E-state index contributed by atoms with van der Waals surface area (Å²) in [5.74, 6) is 1.21. The summed E-state index contributed by atoms with van der Waals surface area (Å²) in [6, 6.07) is 5.58. The maximum Gasteiger partial charge on any atom is 0.276 e. The van der Waals surface area contributed by atoms with Gasteiger partial charge in [-0.1, -0.05) is 16.8 Å². The van der Waals surface area contributed by atoms with Crippen LogP contribution in [-0.4, -0.2) is 22.5 Å². The van der Waals surface area contributed by atoms with Gasteiger partial charge in [0.25, 0.3) is 5.91 Å². The van der Waals surface area contributed by atoms with Gasteiger partial charge in [-0.3, -0.25) is 4.79 Å². The fourth-order valence-electron chi connectivity index (χ4n) is 2.06. The van der Waals surface area contributed by atoms with Crippen LogP contribution in [0.3, 0.4) is 0 Å². The second-order valence-corrected chi connectivity index (χ2v) is 6.71. The second-order valence-electron chi connectivity index (χ2n) is 4.91. The molecule has 0 atom stereocenters. The number of carbonyl (C=O) groups is 1. The molecule has 4 nitrogen and oxygen atoms in total. The number of nitrogens with zero attached hydrogens (tertiary/aromatic N) is 2. The molecule has 0 radical (unpaired) electrons. The molecule has 2 heterocycles. The van der Waals surface area contributed by atoms with Crippen LogP contribution in [0.1, 0.15) is 46.8 Å². The number of hydrogen-bond donors (Lipinski definition) is 0. The Kier molecular flexibility index (Phi) is 3.81. The number of carbonyl (C=O) groups excluding carboxylic acids is 1. The second kappa shape index (κ2) is 5.58. The number of amides is 1. The molecule has 0 saturated heterocycles. The van der Waals surface area contributed by atoms with Crippen LogP contribution >= 0.6 is 22.9 Å². The molecule has 3 rings (SSSR count). The molecule has 2 aromatic rings. The summed E-state index contributed by atoms with van der Waals surface area (Å²) in [4.78, 5) is 15.2. The normalized spacial score (nSPS) is 14.5. The van der Waals surface area contributed by atoms with Crippen molar-refractivity contribution in [3.05, 3.63) is 38.9 Å². The van der Waals surface area contributed by atoms with Crippen LogP contribution in [-0.2, 0) is 6.54 Å². The van der Waals surface area contributed by atoms with Crippen molar-refractivity contribution in [2.75, 3.05) is 6.54 Å². The van der Waals surface area contributed by atoms with E-state index >= 15 is 0 Å². The van der Waals surface area contributed by atoms with Crippen LogP contribution in [0.2, 0.25) is 4.34 Å². The zero-order valence-electron chi connectivity index (χ0n) is 11.1. The highest BCUT2D eigenvalue weighted by molar-refractivity contribution is 7.16. The van der Waals surface area contributed by atoms with E-state index in [4.69, 9.17) is 16.1 Å². The van der Waals surface area contributed by atoms with Crippen molar-refractivity contribution in [2.45, 2.75) is 32.2 Å². The predicted octanol–water partition coefficient (Wildman–Crippen LogP) is 3.93. The molecular weight excluding hydrogens is 296 g/mol. The Morgan fingerprint density at radius 2 is 2.35 bits per heavy atom. The van der Waals surface area contributed by atoms with Crippen molar-refractivity contribution in [1.29, 1.82) is 0 Å². The zero-order valence-corrected chi connectivity index (χ0v) is 12.7. The summed E-state index contributed by atoms with van der Waals surface area (Å²) < 4.78 is 5.98. The van der Waals surface area contributed by atoms with E-state index in [1.807, 2.05) is 19.1 Å². The third-order valence-electron chi connectivity index (χ3n) is 3.37. The maximum atomic E-state index is 12.4. The van der Waals surface area contributed by atoms with E-state index in [9.17, 15) is 4.79 Å². The van der Waals surface area contributed by atoms with Gasteiger partial charge in [0.1, 0.15) is 5.76 Å². The third-order valence-corrected chi connectivity index (χ3v) is 4.59. The molecule has 106 valence electrons. The molecule has 0 bridgehead atoms. The van der Waals surface area contributed by atoms with Gasteiger partial charge in [0.2, 0.25) is 0 Å². The quantitative estimate of drug-likeness (QED) is 0.840. The SMILES string of the molecule is CCN(Cc1ccc(Cl)s1)C(=O)c1cc(C2CC2)on1. The van der Waals surface area contributed by atoms with Crippen LogP contribution in [0.15, 0.2) is 22.7 Å². The average molecular weight is 311 g/mol. The van der Waals surface area contributed by atoms with E-state index in [-0.39, 0.29) is 5.91 Å². The molecule has 1 saturated carbocycles. The van der Waals surface area contributed by atoms with Crippen molar-refractivity contribution in [3.8, 4) is 0 Å². The number of halogens is 1. The molecule has 20 heavy (non-hydrogen) atoms. The summed E-state index contributed by atoms with van der Waals surface area (Å²) in [6.45, 7) is 3.13. The molecule has 0 spiro atoms. The van der Waals surface area contributed by atoms with Gasteiger partial charge in [-0.15, -0.1) is 11.3 Å². The van der Waals surface area contributed by atoms with E-state index < -0.39 is 0 Å². The smallest absolute Gasteiger partial charge is 0.276 e. The number of rotatable bonds is 5. The van der Waals surface area contributed by atoms with Gasteiger partial charge in [-0.05, 0) is 31.9 Å². The fraction of sp³-hybridized carbons (Fsp3) is 0.429. The molecule has 1 fully saturated rings. The Balaban J connectivity index is 1.72. The highest BCUT2D eigenvalue weighted by atomic mass is 35.5. The Morgan fingerprint density at radius 1 is 1.55 bits per heavy atom. The maximum absolute atomic E-state index is 12.4. The summed E-state index contributed by atoms with van der Waals surface area (Å²) in [7, 11) is 0. The minimum atomic E-state index is -0.0901. The molecular formula is C14H15ClN2O2S. The van der Waals surface area contributed by atoms with Gasteiger partial charge in [0.15, 0.2) is 5.69 Å². The van der Waals surface area contributed by atoms with Gasteiger partial charge in [0.05, 0.1) is 10.9 Å². The average Bonchev–Trinajstić information content (AvgIpc) is 3.03. The fourth-order valence-corrected chi connectivity index (χ4v) is 3.17. The highest BCUT2D eigenvalue weighted by Gasteiger charge is 2.29. The molecule has 0 N–H and O–H groups in total. The zero-order chi connectivity index (χ0) is 14.1. The minimum Gasteiger partial charge on any atom is -0.360 e. The van der Waals surface area contributed by atoms with E-state index in [0.29, 0.717) is 24.7 Å². The van der Waals surface area contributed by atoms with E-state index in [1.165, 1.54) is 11.3 Å². The Labute approximate surface area is 126 Å². The first-order valence-electron chi connectivity index (χ1n) is 6.67. The Morgan fingerprint density at radius 3 is 2.95 bits per heavy atom. The topological polar surface area (TPSA) is 46.3 Å². The van der Waals surface area contributed by atoms with Crippen molar-refractivity contribution in [2.24, 2.45) is 0 Å². The number of aromatic nitrogens is 1. The van der Waals surface area contributed by atoms with Gasteiger partial charge in [-0.25, -0.2) is 0 Å². The summed E-state index contributed by atoms with van der Waals surface area (Å²) in [5, 5.41) is 3.90. The lowest BCUT2D eigenvalue weighted by molar-refractivity contribution is 0.0743. The largest absolute Gasteiger partial charge is 0.360 e. The van der Waals surface area contributed by atoms with Gasteiger partial charge in [-0.2, -0.15) is 0 Å². The number of thiophene rings is 1. The lowest BCUT2D eigenvalue weighted by Gasteiger charge is -2.18. The van der Waals surface area contributed by atoms with Crippen LogP contribution in [0, 0.1) is 0 Å². The first-order valence-corrected chi connectivity index (χ1v) is 7.87. The molecule has 1 amide bonds. The lowest BCUT2D eigenvalue weighted by Crippen LogP contribution is -2.30. The predicted molar refractivity (Wildman–Crippen MR) is 78.2 cm³/mol. The molecule has 0 aliphatic heterocycles. The van der Waals surface area contributed by atoms with Crippen molar-refractivity contribution in [3.63, 3.8) is 0 Å². The van der Waals surface area contributed by atoms with Crippen LogP contribution in [0.5, 0.6) is 0 Å². The summed E-state index contributed by atoms with van der Waals surface area (Å²) >= 11 is 7.41. The summed E-state index contributed by atoms with van der Waals surface area (Å²) in [5.41, 5.74) is 0.399. The van der Waals surface area contributed by atoms with Crippen LogP contribution in [0.25, 0.3) is 0 Å². The van der Waals surface area contributed by atoms with E-state index in [2.05, 4.69) is 5.16 Å². The lowest BCUT2D eigenvalue weighted by atomic mass is 10.2. The van der Waals surface area contributed by atoms with Crippen molar-refractivity contribution < 1.29 is 9.32 Å². The van der Waals surface area contributed by atoms with E-state index in [1.54, 1.807) is 11.0 Å². The van der Waals surface area contributed by atoms with Crippen molar-refractivity contribution in [1.82, 2.24) is 10.1 Å². The molecule has 6 heteroatoms. The molecule has 0 aromatic carbocycles. The van der Waals surface area contributed by atoms with Crippen LogP contribution < -0.4 is 0 Å². The van der Waals surface area contributed by atoms with Gasteiger partial charge in [0, 0.05) is 23.4 Å². The Bertz CT molecular complexity index is 618. The Hall–Kier alpha value is -1.33. The molecule has 1 aliphatic rings. The van der Waals surface area contributed by atoms with E-state index in [0.717, 1.165) is 27.8 Å². The van der Waals surface area contributed by atoms with Crippen molar-refractivity contribution >= 4 is 28.8 Å². The summed E-state index contributed by atoms with van der Waals surface area (Å²) in [6.07, 6.45) is 2.27. The van der Waals surface area contributed by atoms with Gasteiger partial charge >= 0.3 is 0 Å². The monoisotopic (exact) mass is 310 g/mol.